The Hall–Kier alpha value is -1.06. The third-order valence-corrected chi connectivity index (χ3v) is 6.57. The molecule has 5 aliphatic rings. The summed E-state index contributed by atoms with van der Waals surface area (Å²) in [5.74, 6) is 2.75. The van der Waals surface area contributed by atoms with Gasteiger partial charge >= 0.3 is 0 Å². The van der Waals surface area contributed by atoms with Crippen molar-refractivity contribution in [2.75, 3.05) is 6.54 Å². The SMILES string of the molecule is O=C(CC12CC3CC(CC(C3)C1)C2)N[C@H]1CCCCNC1=O. The molecule has 4 saturated carbocycles. The Balaban J connectivity index is 1.38. The van der Waals surface area contributed by atoms with Crippen molar-refractivity contribution in [3.05, 3.63) is 0 Å². The maximum atomic E-state index is 12.6. The lowest BCUT2D eigenvalue weighted by molar-refractivity contribution is -0.134. The molecule has 4 nitrogen and oxygen atoms in total. The molecule has 1 saturated heterocycles. The fourth-order valence-corrected chi connectivity index (χ4v) is 6.17. The summed E-state index contributed by atoms with van der Waals surface area (Å²) in [5.41, 5.74) is 0.264. The van der Waals surface area contributed by atoms with Gasteiger partial charge in [-0.15, -0.1) is 0 Å². The largest absolute Gasteiger partial charge is 0.354 e. The molecule has 0 spiro atoms. The van der Waals surface area contributed by atoms with Crippen LogP contribution in [0, 0.1) is 23.2 Å². The van der Waals surface area contributed by atoms with E-state index in [2.05, 4.69) is 10.6 Å². The molecule has 1 heterocycles. The van der Waals surface area contributed by atoms with Gasteiger partial charge in [0, 0.05) is 13.0 Å². The van der Waals surface area contributed by atoms with Gasteiger partial charge in [0.15, 0.2) is 0 Å². The van der Waals surface area contributed by atoms with Crippen LogP contribution < -0.4 is 10.6 Å². The first kappa shape index (κ1) is 14.5. The van der Waals surface area contributed by atoms with Gasteiger partial charge in [-0.1, -0.05) is 0 Å². The maximum absolute atomic E-state index is 12.6. The molecule has 0 aromatic carbocycles. The van der Waals surface area contributed by atoms with E-state index in [0.717, 1.165) is 43.6 Å². The third-order valence-electron chi connectivity index (χ3n) is 6.57. The van der Waals surface area contributed by atoms with E-state index in [1.54, 1.807) is 0 Å². The fourth-order valence-electron chi connectivity index (χ4n) is 6.17. The quantitative estimate of drug-likeness (QED) is 0.841. The first-order valence-electron chi connectivity index (χ1n) is 9.19. The predicted molar refractivity (Wildman–Crippen MR) is 84.0 cm³/mol. The lowest BCUT2D eigenvalue weighted by atomic mass is 9.49. The van der Waals surface area contributed by atoms with Crippen LogP contribution in [0.3, 0.4) is 0 Å². The highest BCUT2D eigenvalue weighted by atomic mass is 16.2. The summed E-state index contributed by atoms with van der Waals surface area (Å²) in [5, 5.41) is 5.94. The summed E-state index contributed by atoms with van der Waals surface area (Å²) in [7, 11) is 0. The van der Waals surface area contributed by atoms with Crippen molar-refractivity contribution in [3.8, 4) is 0 Å². The van der Waals surface area contributed by atoms with E-state index in [4.69, 9.17) is 0 Å². The molecule has 2 N–H and O–H groups in total. The maximum Gasteiger partial charge on any atom is 0.242 e. The molecule has 2 amide bonds. The summed E-state index contributed by atoms with van der Waals surface area (Å²) in [4.78, 5) is 24.6. The standard InChI is InChI=1S/C18H28N2O2/c21-16(20-15-3-1-2-4-19-17(15)22)11-18-8-12-5-13(9-18)7-14(6-12)10-18/h12-15H,1-11H2,(H,19,22)(H,20,21)/t12?,13?,14?,15-,18?/m0/s1. The first-order chi connectivity index (χ1) is 10.6. The van der Waals surface area contributed by atoms with E-state index in [0.29, 0.717) is 6.42 Å². The Morgan fingerprint density at radius 1 is 1.09 bits per heavy atom. The Kier molecular flexibility index (Phi) is 3.66. The lowest BCUT2D eigenvalue weighted by Gasteiger charge is -2.56. The number of amides is 2. The molecule has 1 aliphatic heterocycles. The van der Waals surface area contributed by atoms with E-state index >= 15 is 0 Å². The zero-order valence-electron chi connectivity index (χ0n) is 13.4. The van der Waals surface area contributed by atoms with Crippen LogP contribution in [0.25, 0.3) is 0 Å². The van der Waals surface area contributed by atoms with Crippen molar-refractivity contribution in [1.82, 2.24) is 10.6 Å². The highest BCUT2D eigenvalue weighted by molar-refractivity contribution is 5.87. The van der Waals surface area contributed by atoms with E-state index in [1.807, 2.05) is 0 Å². The molecular formula is C18H28N2O2. The molecule has 0 aromatic heterocycles. The zero-order valence-corrected chi connectivity index (χ0v) is 13.4. The van der Waals surface area contributed by atoms with Crippen molar-refractivity contribution in [2.45, 2.75) is 70.3 Å². The van der Waals surface area contributed by atoms with Crippen LogP contribution in [0.5, 0.6) is 0 Å². The molecule has 0 radical (unpaired) electrons. The topological polar surface area (TPSA) is 58.2 Å². The highest BCUT2D eigenvalue weighted by Gasteiger charge is 2.51. The van der Waals surface area contributed by atoms with Crippen LogP contribution in [0.1, 0.15) is 64.2 Å². The predicted octanol–water partition coefficient (Wildman–Crippen LogP) is 2.38. The third kappa shape index (κ3) is 2.77. The molecule has 4 bridgehead atoms. The number of carbonyl (C=O) groups excluding carboxylic acids is 2. The van der Waals surface area contributed by atoms with Crippen molar-refractivity contribution in [2.24, 2.45) is 23.2 Å². The number of nitrogens with one attached hydrogen (secondary N) is 2. The normalized spacial score (nSPS) is 43.5. The van der Waals surface area contributed by atoms with Gasteiger partial charge in [0.2, 0.25) is 11.8 Å². The molecule has 4 aliphatic carbocycles. The van der Waals surface area contributed by atoms with Crippen molar-refractivity contribution in [1.29, 1.82) is 0 Å². The Morgan fingerprint density at radius 2 is 1.73 bits per heavy atom. The minimum absolute atomic E-state index is 0.0105. The van der Waals surface area contributed by atoms with Gasteiger partial charge < -0.3 is 10.6 Å². The summed E-state index contributed by atoms with van der Waals surface area (Å²) >= 11 is 0. The molecule has 5 rings (SSSR count). The van der Waals surface area contributed by atoms with E-state index in [-0.39, 0.29) is 23.3 Å². The van der Waals surface area contributed by atoms with Gasteiger partial charge in [-0.05, 0) is 81.0 Å². The second kappa shape index (κ2) is 5.54. The van der Waals surface area contributed by atoms with Gasteiger partial charge in [-0.3, -0.25) is 9.59 Å². The molecule has 0 unspecified atom stereocenters. The van der Waals surface area contributed by atoms with Crippen LogP contribution in [0.15, 0.2) is 0 Å². The fraction of sp³-hybridized carbons (Fsp3) is 0.889. The average molecular weight is 304 g/mol. The molecule has 0 aromatic rings. The number of rotatable bonds is 3. The summed E-state index contributed by atoms with van der Waals surface area (Å²) in [6.45, 7) is 0.750. The number of carbonyl (C=O) groups is 2. The zero-order chi connectivity index (χ0) is 15.2. The van der Waals surface area contributed by atoms with Crippen molar-refractivity contribution in [3.63, 3.8) is 0 Å². The summed E-state index contributed by atoms with van der Waals surface area (Å²) in [6, 6.07) is -0.302. The van der Waals surface area contributed by atoms with E-state index in [9.17, 15) is 9.59 Å². The molecule has 22 heavy (non-hydrogen) atoms. The van der Waals surface area contributed by atoms with Gasteiger partial charge in [-0.25, -0.2) is 0 Å². The minimum Gasteiger partial charge on any atom is -0.354 e. The van der Waals surface area contributed by atoms with E-state index < -0.39 is 0 Å². The van der Waals surface area contributed by atoms with Crippen molar-refractivity contribution < 1.29 is 9.59 Å². The van der Waals surface area contributed by atoms with Gasteiger partial charge in [0.25, 0.3) is 0 Å². The molecular weight excluding hydrogens is 276 g/mol. The molecule has 122 valence electrons. The second-order valence-electron chi connectivity index (χ2n) is 8.50. The Labute approximate surface area is 132 Å². The molecule has 1 atom stereocenters. The average Bonchev–Trinajstić information content (AvgIpc) is 2.62. The lowest BCUT2D eigenvalue weighted by Crippen LogP contribution is -2.50. The second-order valence-corrected chi connectivity index (χ2v) is 8.50. The number of hydrogen-bond donors (Lipinski definition) is 2. The van der Waals surface area contributed by atoms with Crippen LogP contribution >= 0.6 is 0 Å². The Morgan fingerprint density at radius 3 is 2.36 bits per heavy atom. The van der Waals surface area contributed by atoms with Gasteiger partial charge in [-0.2, -0.15) is 0 Å². The van der Waals surface area contributed by atoms with Crippen LogP contribution in [0.2, 0.25) is 0 Å². The highest BCUT2D eigenvalue weighted by Crippen LogP contribution is 2.61. The van der Waals surface area contributed by atoms with Crippen molar-refractivity contribution >= 4 is 11.8 Å². The Bertz CT molecular complexity index is 438. The van der Waals surface area contributed by atoms with E-state index in [1.165, 1.54) is 38.5 Å². The molecule has 4 heteroatoms. The van der Waals surface area contributed by atoms with Crippen LogP contribution in [-0.4, -0.2) is 24.4 Å². The van der Waals surface area contributed by atoms with Gasteiger partial charge in [0.05, 0.1) is 0 Å². The number of hydrogen-bond acceptors (Lipinski definition) is 2. The van der Waals surface area contributed by atoms with Crippen LogP contribution in [0.4, 0.5) is 0 Å². The summed E-state index contributed by atoms with van der Waals surface area (Å²) < 4.78 is 0. The summed E-state index contributed by atoms with van der Waals surface area (Å²) in [6.07, 6.45) is 11.5. The van der Waals surface area contributed by atoms with Gasteiger partial charge in [0.1, 0.15) is 6.04 Å². The smallest absolute Gasteiger partial charge is 0.242 e. The molecule has 5 fully saturated rings. The minimum atomic E-state index is -0.302. The van der Waals surface area contributed by atoms with Crippen LogP contribution in [-0.2, 0) is 9.59 Å². The monoisotopic (exact) mass is 304 g/mol. The first-order valence-corrected chi connectivity index (χ1v) is 9.19.